The van der Waals surface area contributed by atoms with Crippen LogP contribution in [-0.2, 0) is 0 Å². The number of rotatable bonds is 6. The maximum absolute atomic E-state index is 10.7. The van der Waals surface area contributed by atoms with Crippen LogP contribution in [0.2, 0.25) is 0 Å². The summed E-state index contributed by atoms with van der Waals surface area (Å²) in [6.07, 6.45) is 7.11. The van der Waals surface area contributed by atoms with Crippen molar-refractivity contribution in [3.05, 3.63) is 0 Å². The second-order valence-corrected chi connectivity index (χ2v) is 6.48. The summed E-state index contributed by atoms with van der Waals surface area (Å²) >= 11 is 0. The van der Waals surface area contributed by atoms with Crippen molar-refractivity contribution in [2.24, 2.45) is 5.92 Å². The number of fused-ring (bicyclic) bond motifs is 1. The molecule has 1 aliphatic heterocycles. The van der Waals surface area contributed by atoms with E-state index >= 15 is 0 Å². The Kier molecular flexibility index (Phi) is 5.67. The number of hydrogen-bond donors (Lipinski definition) is 1. The van der Waals surface area contributed by atoms with Gasteiger partial charge in [-0.15, -0.1) is 0 Å². The van der Waals surface area contributed by atoms with Gasteiger partial charge in [-0.3, -0.25) is 0 Å². The van der Waals surface area contributed by atoms with Crippen molar-refractivity contribution >= 4 is 0 Å². The van der Waals surface area contributed by atoms with Crippen LogP contribution in [0.25, 0.3) is 0 Å². The number of likely N-dealkylation sites (tertiary alicyclic amines) is 1. The van der Waals surface area contributed by atoms with Crippen molar-refractivity contribution in [1.29, 1.82) is 0 Å². The fraction of sp³-hybridized carbons (Fsp3) is 1.00. The Balaban J connectivity index is 1.72. The minimum absolute atomic E-state index is 0.312. The third-order valence-corrected chi connectivity index (χ3v) is 5.35. The summed E-state index contributed by atoms with van der Waals surface area (Å²) in [4.78, 5) is 5.09. The number of nitrogens with zero attached hydrogens (tertiary/aromatic N) is 2. The van der Waals surface area contributed by atoms with Crippen molar-refractivity contribution < 1.29 is 5.11 Å². The molecule has 0 aromatic carbocycles. The molecule has 2 rings (SSSR count). The van der Waals surface area contributed by atoms with Crippen LogP contribution in [0.5, 0.6) is 0 Å². The third kappa shape index (κ3) is 3.93. The molecular formula is C16H32N2O. The van der Waals surface area contributed by atoms with E-state index in [9.17, 15) is 5.11 Å². The molecule has 2 aliphatic rings. The van der Waals surface area contributed by atoms with Crippen LogP contribution in [0, 0.1) is 5.92 Å². The second kappa shape index (κ2) is 7.05. The molecule has 0 bridgehead atoms. The van der Waals surface area contributed by atoms with Crippen molar-refractivity contribution in [3.8, 4) is 0 Å². The van der Waals surface area contributed by atoms with E-state index in [-0.39, 0.29) is 5.60 Å². The molecule has 3 heteroatoms. The zero-order valence-corrected chi connectivity index (χ0v) is 12.9. The standard InChI is InChI=1S/C16H32N2O/c1-3-17(4-2)11-7-12-18-13-10-16(19)9-6-5-8-15(16)14-18/h15,19H,3-14H2,1-2H3/t15-,16+/m0/s1. The highest BCUT2D eigenvalue weighted by Gasteiger charge is 2.42. The van der Waals surface area contributed by atoms with Gasteiger partial charge in [0, 0.05) is 19.0 Å². The first kappa shape index (κ1) is 15.3. The van der Waals surface area contributed by atoms with Gasteiger partial charge in [0.25, 0.3) is 0 Å². The molecule has 112 valence electrons. The summed E-state index contributed by atoms with van der Waals surface area (Å²) < 4.78 is 0. The predicted molar refractivity (Wildman–Crippen MR) is 80.4 cm³/mol. The van der Waals surface area contributed by atoms with Crippen LogP contribution in [0.15, 0.2) is 0 Å². The SMILES string of the molecule is CCN(CC)CCCN1CC[C@]2(O)CCCC[C@H]2C1. The van der Waals surface area contributed by atoms with Crippen LogP contribution in [0.1, 0.15) is 52.4 Å². The van der Waals surface area contributed by atoms with Crippen LogP contribution in [0.3, 0.4) is 0 Å². The fourth-order valence-electron chi connectivity index (χ4n) is 3.90. The van der Waals surface area contributed by atoms with E-state index in [0.29, 0.717) is 5.92 Å². The Morgan fingerprint density at radius 1 is 1.21 bits per heavy atom. The summed E-state index contributed by atoms with van der Waals surface area (Å²) in [6, 6.07) is 0. The highest BCUT2D eigenvalue weighted by Crippen LogP contribution is 2.39. The monoisotopic (exact) mass is 268 g/mol. The van der Waals surface area contributed by atoms with E-state index in [1.54, 1.807) is 0 Å². The van der Waals surface area contributed by atoms with Gasteiger partial charge in [0.05, 0.1) is 5.60 Å². The number of piperidine rings is 1. The number of hydrogen-bond acceptors (Lipinski definition) is 3. The molecule has 2 atom stereocenters. The van der Waals surface area contributed by atoms with Gasteiger partial charge in [-0.2, -0.15) is 0 Å². The maximum Gasteiger partial charge on any atom is 0.0700 e. The van der Waals surface area contributed by atoms with Gasteiger partial charge in [0.2, 0.25) is 0 Å². The van der Waals surface area contributed by atoms with Gasteiger partial charge in [-0.25, -0.2) is 0 Å². The minimum atomic E-state index is -0.312. The van der Waals surface area contributed by atoms with E-state index in [2.05, 4.69) is 23.6 Å². The average molecular weight is 268 g/mol. The molecule has 0 radical (unpaired) electrons. The molecule has 1 heterocycles. The molecule has 3 nitrogen and oxygen atoms in total. The van der Waals surface area contributed by atoms with Crippen molar-refractivity contribution in [2.45, 2.75) is 58.0 Å². The van der Waals surface area contributed by atoms with Crippen LogP contribution in [0.4, 0.5) is 0 Å². The van der Waals surface area contributed by atoms with E-state index in [0.717, 1.165) is 25.9 Å². The Labute approximate surface area is 119 Å². The van der Waals surface area contributed by atoms with Gasteiger partial charge in [-0.05, 0) is 51.9 Å². The second-order valence-electron chi connectivity index (χ2n) is 6.48. The molecule has 0 amide bonds. The lowest BCUT2D eigenvalue weighted by Crippen LogP contribution is -2.53. The molecule has 0 spiro atoms. The Morgan fingerprint density at radius 3 is 2.74 bits per heavy atom. The largest absolute Gasteiger partial charge is 0.390 e. The first-order chi connectivity index (χ1) is 9.18. The van der Waals surface area contributed by atoms with Crippen molar-refractivity contribution in [1.82, 2.24) is 9.80 Å². The van der Waals surface area contributed by atoms with Gasteiger partial charge in [0.1, 0.15) is 0 Å². The summed E-state index contributed by atoms with van der Waals surface area (Å²) in [5.41, 5.74) is -0.312. The maximum atomic E-state index is 10.7. The Bertz CT molecular complexity index is 267. The van der Waals surface area contributed by atoms with Crippen LogP contribution < -0.4 is 0 Å². The highest BCUT2D eigenvalue weighted by atomic mass is 16.3. The molecule has 0 aromatic rings. The summed E-state index contributed by atoms with van der Waals surface area (Å²) in [5, 5.41) is 10.7. The first-order valence-corrected chi connectivity index (χ1v) is 8.35. The quantitative estimate of drug-likeness (QED) is 0.801. The first-order valence-electron chi connectivity index (χ1n) is 8.35. The minimum Gasteiger partial charge on any atom is -0.390 e. The predicted octanol–water partition coefficient (Wildman–Crippen LogP) is 2.35. The van der Waals surface area contributed by atoms with Crippen LogP contribution in [-0.4, -0.2) is 59.8 Å². The summed E-state index contributed by atoms with van der Waals surface area (Å²) in [5.74, 6) is 0.545. The topological polar surface area (TPSA) is 26.7 Å². The Morgan fingerprint density at radius 2 is 2.00 bits per heavy atom. The van der Waals surface area contributed by atoms with Crippen LogP contribution >= 0.6 is 0 Å². The normalized spacial score (nSPS) is 32.5. The molecule has 1 aliphatic carbocycles. The average Bonchev–Trinajstić information content (AvgIpc) is 2.43. The smallest absolute Gasteiger partial charge is 0.0700 e. The lowest BCUT2D eigenvalue weighted by atomic mass is 9.71. The van der Waals surface area contributed by atoms with Crippen molar-refractivity contribution in [2.75, 3.05) is 39.3 Å². The van der Waals surface area contributed by atoms with E-state index in [1.807, 2.05) is 0 Å². The molecular weight excluding hydrogens is 236 g/mol. The number of aliphatic hydroxyl groups is 1. The molecule has 1 saturated heterocycles. The molecule has 1 saturated carbocycles. The molecule has 0 aromatic heterocycles. The summed E-state index contributed by atoms with van der Waals surface area (Å²) in [6.45, 7) is 11.5. The lowest BCUT2D eigenvalue weighted by molar-refractivity contribution is -0.0954. The zero-order chi connectivity index (χ0) is 13.7. The van der Waals surface area contributed by atoms with Crippen molar-refractivity contribution in [3.63, 3.8) is 0 Å². The fourth-order valence-corrected chi connectivity index (χ4v) is 3.90. The van der Waals surface area contributed by atoms with Gasteiger partial charge in [0.15, 0.2) is 0 Å². The lowest BCUT2D eigenvalue weighted by Gasteiger charge is -2.47. The van der Waals surface area contributed by atoms with E-state index < -0.39 is 0 Å². The summed E-state index contributed by atoms with van der Waals surface area (Å²) in [7, 11) is 0. The molecule has 1 N–H and O–H groups in total. The Hall–Kier alpha value is -0.120. The molecule has 19 heavy (non-hydrogen) atoms. The molecule has 2 fully saturated rings. The molecule has 0 unspecified atom stereocenters. The van der Waals surface area contributed by atoms with Gasteiger partial charge < -0.3 is 14.9 Å². The highest BCUT2D eigenvalue weighted by molar-refractivity contribution is 4.95. The van der Waals surface area contributed by atoms with Gasteiger partial charge in [-0.1, -0.05) is 26.7 Å². The van der Waals surface area contributed by atoms with Gasteiger partial charge >= 0.3 is 0 Å². The third-order valence-electron chi connectivity index (χ3n) is 5.35. The van der Waals surface area contributed by atoms with E-state index in [4.69, 9.17) is 0 Å². The van der Waals surface area contributed by atoms with E-state index in [1.165, 1.54) is 51.9 Å². The zero-order valence-electron chi connectivity index (χ0n) is 12.9.